The van der Waals surface area contributed by atoms with E-state index in [2.05, 4.69) is 0 Å². The normalized spacial score (nSPS) is 28.8. The van der Waals surface area contributed by atoms with Crippen LogP contribution in [0.25, 0.3) is 0 Å². The van der Waals surface area contributed by atoms with E-state index in [1.54, 1.807) is 0 Å². The van der Waals surface area contributed by atoms with Gasteiger partial charge in [0.05, 0.1) is 13.3 Å². The summed E-state index contributed by atoms with van der Waals surface area (Å²) in [7, 11) is 0. The van der Waals surface area contributed by atoms with Crippen LogP contribution >= 0.6 is 0 Å². The third kappa shape index (κ3) is 3.40. The summed E-state index contributed by atoms with van der Waals surface area (Å²) in [6, 6.07) is 0.0604. The Balaban J connectivity index is 2.23. The second kappa shape index (κ2) is 5.29. The van der Waals surface area contributed by atoms with E-state index in [1.165, 1.54) is 0 Å². The molecule has 1 rings (SSSR count). The van der Waals surface area contributed by atoms with Crippen molar-refractivity contribution in [2.75, 3.05) is 13.3 Å². The van der Waals surface area contributed by atoms with Gasteiger partial charge in [0.2, 0.25) is 0 Å². The van der Waals surface area contributed by atoms with E-state index in [9.17, 15) is 9.18 Å². The zero-order valence-electron chi connectivity index (χ0n) is 7.67. The average Bonchev–Trinajstić information content (AvgIpc) is 2.15. The summed E-state index contributed by atoms with van der Waals surface area (Å²) >= 11 is 0. The Kier molecular flexibility index (Phi) is 4.32. The topological polar surface area (TPSA) is 52.3 Å². The van der Waals surface area contributed by atoms with Crippen molar-refractivity contribution >= 4 is 5.78 Å². The molecule has 2 atom stereocenters. The number of rotatable bonds is 4. The lowest BCUT2D eigenvalue weighted by Gasteiger charge is -2.25. The lowest BCUT2D eigenvalue weighted by Crippen LogP contribution is -2.38. The Morgan fingerprint density at radius 1 is 1.54 bits per heavy atom. The summed E-state index contributed by atoms with van der Waals surface area (Å²) in [6.45, 7) is 0.0179. The van der Waals surface area contributed by atoms with Gasteiger partial charge in [-0.2, -0.15) is 0 Å². The summed E-state index contributed by atoms with van der Waals surface area (Å²) in [5.41, 5.74) is 5.60. The van der Waals surface area contributed by atoms with Crippen LogP contribution in [-0.4, -0.2) is 31.2 Å². The van der Waals surface area contributed by atoms with E-state index in [4.69, 9.17) is 10.5 Å². The van der Waals surface area contributed by atoms with Crippen molar-refractivity contribution in [2.24, 2.45) is 5.73 Å². The molecule has 4 heteroatoms. The number of halogens is 1. The van der Waals surface area contributed by atoms with Gasteiger partial charge in [-0.05, 0) is 19.3 Å². The molecule has 1 saturated heterocycles. The van der Waals surface area contributed by atoms with Gasteiger partial charge < -0.3 is 10.5 Å². The first-order valence-corrected chi connectivity index (χ1v) is 4.70. The van der Waals surface area contributed by atoms with Crippen LogP contribution in [0.3, 0.4) is 0 Å². The Morgan fingerprint density at radius 2 is 2.31 bits per heavy atom. The van der Waals surface area contributed by atoms with Crippen molar-refractivity contribution < 1.29 is 13.9 Å². The fourth-order valence-corrected chi connectivity index (χ4v) is 1.43. The molecule has 0 aliphatic carbocycles. The molecule has 1 aliphatic rings. The first-order chi connectivity index (χ1) is 6.24. The highest BCUT2D eigenvalue weighted by Gasteiger charge is 2.24. The molecule has 0 spiro atoms. The maximum atomic E-state index is 11.8. The molecular weight excluding hydrogens is 173 g/mol. The zero-order valence-corrected chi connectivity index (χ0v) is 7.67. The van der Waals surface area contributed by atoms with E-state index >= 15 is 0 Å². The van der Waals surface area contributed by atoms with E-state index in [1.807, 2.05) is 0 Å². The molecule has 76 valence electrons. The van der Waals surface area contributed by atoms with Crippen LogP contribution < -0.4 is 5.73 Å². The number of hydrogen-bond acceptors (Lipinski definition) is 3. The van der Waals surface area contributed by atoms with Gasteiger partial charge in [0.1, 0.15) is 6.10 Å². The molecule has 0 saturated carbocycles. The van der Waals surface area contributed by atoms with Crippen molar-refractivity contribution in [3.05, 3.63) is 0 Å². The van der Waals surface area contributed by atoms with Crippen LogP contribution in [0.15, 0.2) is 0 Å². The van der Waals surface area contributed by atoms with E-state index in [0.717, 1.165) is 6.42 Å². The third-order valence-electron chi connectivity index (χ3n) is 2.23. The van der Waals surface area contributed by atoms with Gasteiger partial charge in [-0.3, -0.25) is 9.18 Å². The minimum Gasteiger partial charge on any atom is -0.369 e. The minimum absolute atomic E-state index is 0.0181. The first kappa shape index (κ1) is 10.6. The Morgan fingerprint density at radius 3 is 2.85 bits per heavy atom. The fourth-order valence-electron chi connectivity index (χ4n) is 1.43. The summed E-state index contributed by atoms with van der Waals surface area (Å²) in [5, 5.41) is 0. The molecule has 0 unspecified atom stereocenters. The smallest absolute Gasteiger partial charge is 0.161 e. The van der Waals surface area contributed by atoms with Crippen LogP contribution in [0, 0.1) is 0 Å². The summed E-state index contributed by atoms with van der Waals surface area (Å²) in [6.07, 6.45) is 1.78. The first-order valence-electron chi connectivity index (χ1n) is 4.70. The van der Waals surface area contributed by atoms with Gasteiger partial charge in [0, 0.05) is 12.5 Å². The molecule has 1 fully saturated rings. The van der Waals surface area contributed by atoms with Gasteiger partial charge >= 0.3 is 0 Å². The second-order valence-electron chi connectivity index (χ2n) is 3.42. The van der Waals surface area contributed by atoms with E-state index < -0.39 is 6.67 Å². The lowest BCUT2D eigenvalue weighted by atomic mass is 10.0. The maximum absolute atomic E-state index is 11.8. The number of carbonyl (C=O) groups excluding carboxylic acids is 1. The molecule has 0 amide bonds. The average molecular weight is 189 g/mol. The van der Waals surface area contributed by atoms with E-state index in [0.29, 0.717) is 19.4 Å². The molecule has 13 heavy (non-hydrogen) atoms. The molecule has 0 aromatic heterocycles. The van der Waals surface area contributed by atoms with Gasteiger partial charge in [-0.1, -0.05) is 0 Å². The number of ketones is 1. The van der Waals surface area contributed by atoms with E-state index in [-0.39, 0.29) is 24.3 Å². The van der Waals surface area contributed by atoms with Crippen LogP contribution in [0.4, 0.5) is 4.39 Å². The van der Waals surface area contributed by atoms with Crippen LogP contribution in [-0.2, 0) is 9.53 Å². The minimum atomic E-state index is -0.433. The highest BCUT2D eigenvalue weighted by molar-refractivity contribution is 5.83. The second-order valence-corrected chi connectivity index (χ2v) is 3.42. The van der Waals surface area contributed by atoms with Gasteiger partial charge in [-0.15, -0.1) is 0 Å². The monoisotopic (exact) mass is 189 g/mol. The van der Waals surface area contributed by atoms with Crippen molar-refractivity contribution in [3.8, 4) is 0 Å². The molecule has 2 N–H and O–H groups in total. The standard InChI is InChI=1S/C9H16FNO2/c10-5-1-2-8(12)9-4-3-7(11)6-13-9/h7,9H,1-6,11H2/t7-,9+/m1/s1. The zero-order chi connectivity index (χ0) is 9.68. The molecule has 0 bridgehead atoms. The number of ether oxygens (including phenoxy) is 1. The number of alkyl halides is 1. The largest absolute Gasteiger partial charge is 0.369 e. The van der Waals surface area contributed by atoms with Crippen molar-refractivity contribution in [1.82, 2.24) is 0 Å². The number of nitrogens with two attached hydrogens (primary N) is 1. The van der Waals surface area contributed by atoms with Crippen molar-refractivity contribution in [2.45, 2.75) is 37.8 Å². The molecule has 1 aliphatic heterocycles. The lowest BCUT2D eigenvalue weighted by molar-refractivity contribution is -0.133. The van der Waals surface area contributed by atoms with Crippen LogP contribution in [0.2, 0.25) is 0 Å². The van der Waals surface area contributed by atoms with Crippen LogP contribution in [0.5, 0.6) is 0 Å². The SMILES string of the molecule is N[C@@H]1CC[C@@H](C(=O)CCCF)OC1. The summed E-state index contributed by atoms with van der Waals surface area (Å²) < 4.78 is 17.0. The molecule has 3 nitrogen and oxygen atoms in total. The Labute approximate surface area is 77.4 Å². The molecule has 1 heterocycles. The van der Waals surface area contributed by atoms with Gasteiger partial charge in [0.15, 0.2) is 5.78 Å². The maximum Gasteiger partial charge on any atom is 0.161 e. The highest BCUT2D eigenvalue weighted by Crippen LogP contribution is 2.14. The van der Waals surface area contributed by atoms with Gasteiger partial charge in [-0.25, -0.2) is 0 Å². The Bertz CT molecular complexity index is 167. The number of hydrogen-bond donors (Lipinski definition) is 1. The van der Waals surface area contributed by atoms with Crippen molar-refractivity contribution in [3.63, 3.8) is 0 Å². The molecule has 0 aromatic rings. The van der Waals surface area contributed by atoms with Crippen molar-refractivity contribution in [1.29, 1.82) is 0 Å². The third-order valence-corrected chi connectivity index (χ3v) is 2.23. The molecule has 0 aromatic carbocycles. The molecule has 0 radical (unpaired) electrons. The van der Waals surface area contributed by atoms with Gasteiger partial charge in [0.25, 0.3) is 0 Å². The quantitative estimate of drug-likeness (QED) is 0.712. The Hall–Kier alpha value is -0.480. The number of carbonyl (C=O) groups is 1. The fraction of sp³-hybridized carbons (Fsp3) is 0.889. The summed E-state index contributed by atoms with van der Waals surface area (Å²) in [5.74, 6) is 0.0181. The predicted molar refractivity (Wildman–Crippen MR) is 47.2 cm³/mol. The van der Waals surface area contributed by atoms with Crippen LogP contribution in [0.1, 0.15) is 25.7 Å². The predicted octanol–water partition coefficient (Wildman–Crippen LogP) is 0.811. The number of Topliss-reactive ketones (excluding diaryl/α,β-unsaturated/α-hetero) is 1. The summed E-state index contributed by atoms with van der Waals surface area (Å²) in [4.78, 5) is 11.3. The highest BCUT2D eigenvalue weighted by atomic mass is 19.1. The molecular formula is C9H16FNO2.